The fraction of sp³-hybridized carbons (Fsp3) is 0.143. The summed E-state index contributed by atoms with van der Waals surface area (Å²) in [4.78, 5) is 27.3. The summed E-state index contributed by atoms with van der Waals surface area (Å²) < 4.78 is 15.3. The zero-order chi connectivity index (χ0) is 19.4. The lowest BCUT2D eigenvalue weighted by atomic mass is 10.2. The molecule has 0 spiro atoms. The average Bonchev–Trinajstić information content (AvgIpc) is 2.67. The largest absolute Gasteiger partial charge is 0.310 e. The molecule has 0 radical (unpaired) electrons. The van der Waals surface area contributed by atoms with E-state index in [9.17, 15) is 14.0 Å². The van der Waals surface area contributed by atoms with E-state index >= 15 is 0 Å². The summed E-state index contributed by atoms with van der Waals surface area (Å²) in [5, 5.41) is 0.234. The summed E-state index contributed by atoms with van der Waals surface area (Å²) in [5.74, 6) is -0.895. The molecule has 0 unspecified atom stereocenters. The number of aromatic nitrogens is 1. The molecule has 0 N–H and O–H groups in total. The first-order chi connectivity index (χ1) is 13.0. The first-order valence-corrected chi connectivity index (χ1v) is 8.90. The first-order valence-electron chi connectivity index (χ1n) is 8.52. The van der Waals surface area contributed by atoms with Gasteiger partial charge in [0.05, 0.1) is 6.54 Å². The Morgan fingerprint density at radius 2 is 1.81 bits per heavy atom. The van der Waals surface area contributed by atoms with E-state index in [0.29, 0.717) is 12.2 Å². The van der Waals surface area contributed by atoms with E-state index < -0.39 is 17.3 Å². The van der Waals surface area contributed by atoms with Crippen molar-refractivity contribution in [3.05, 3.63) is 99.2 Å². The maximum Gasteiger partial charge on any atom is 0.263 e. The van der Waals surface area contributed by atoms with Gasteiger partial charge >= 0.3 is 0 Å². The van der Waals surface area contributed by atoms with Gasteiger partial charge in [-0.15, -0.1) is 0 Å². The molecule has 1 amide bonds. The Balaban J connectivity index is 1.97. The number of para-hydroxylation sites is 1. The third-order valence-electron chi connectivity index (χ3n) is 4.27. The van der Waals surface area contributed by atoms with E-state index in [0.717, 1.165) is 0 Å². The summed E-state index contributed by atoms with van der Waals surface area (Å²) in [5.41, 5.74) is 0.449. The molecule has 27 heavy (non-hydrogen) atoms. The van der Waals surface area contributed by atoms with Crippen molar-refractivity contribution in [1.82, 2.24) is 4.57 Å². The van der Waals surface area contributed by atoms with E-state index in [4.69, 9.17) is 11.6 Å². The number of hydrogen-bond donors (Lipinski definition) is 0. The highest BCUT2D eigenvalue weighted by Gasteiger charge is 2.20. The molecule has 0 saturated carbocycles. The van der Waals surface area contributed by atoms with Crippen LogP contribution in [-0.4, -0.2) is 17.0 Å². The number of pyridine rings is 1. The van der Waals surface area contributed by atoms with Crippen LogP contribution in [0.3, 0.4) is 0 Å². The molecule has 0 aliphatic rings. The summed E-state index contributed by atoms with van der Waals surface area (Å²) in [6, 6.07) is 16.6. The van der Waals surface area contributed by atoms with Gasteiger partial charge in [0.15, 0.2) is 0 Å². The predicted octanol–water partition coefficient (Wildman–Crippen LogP) is 4.36. The number of anilines is 1. The Morgan fingerprint density at radius 3 is 2.48 bits per heavy atom. The molecule has 138 valence electrons. The van der Waals surface area contributed by atoms with Crippen molar-refractivity contribution in [2.75, 3.05) is 11.4 Å². The van der Waals surface area contributed by atoms with Gasteiger partial charge in [-0.25, -0.2) is 4.39 Å². The van der Waals surface area contributed by atoms with Gasteiger partial charge < -0.3 is 9.47 Å². The fourth-order valence-corrected chi connectivity index (χ4v) is 3.10. The number of hydrogen-bond acceptors (Lipinski definition) is 2. The van der Waals surface area contributed by atoms with Gasteiger partial charge in [0.2, 0.25) is 0 Å². The summed E-state index contributed by atoms with van der Waals surface area (Å²) >= 11 is 6.06. The lowest BCUT2D eigenvalue weighted by Gasteiger charge is -2.21. The second kappa shape index (κ2) is 8.18. The van der Waals surface area contributed by atoms with Crippen molar-refractivity contribution in [3.63, 3.8) is 0 Å². The number of nitrogens with zero attached hydrogens (tertiary/aromatic N) is 2. The Hall–Kier alpha value is -2.92. The molecule has 0 aliphatic carbocycles. The van der Waals surface area contributed by atoms with Crippen LogP contribution in [-0.2, 0) is 6.54 Å². The van der Waals surface area contributed by atoms with Gasteiger partial charge in [-0.3, -0.25) is 9.59 Å². The molecule has 1 aromatic heterocycles. The van der Waals surface area contributed by atoms with Crippen LogP contribution >= 0.6 is 11.6 Å². The molecule has 3 aromatic rings. The van der Waals surface area contributed by atoms with Crippen molar-refractivity contribution < 1.29 is 9.18 Å². The van der Waals surface area contributed by atoms with Gasteiger partial charge in [-0.1, -0.05) is 35.9 Å². The van der Waals surface area contributed by atoms with E-state index in [-0.39, 0.29) is 22.7 Å². The second-order valence-corrected chi connectivity index (χ2v) is 6.35. The topological polar surface area (TPSA) is 42.3 Å². The molecule has 6 heteroatoms. The molecule has 2 aromatic carbocycles. The highest BCUT2D eigenvalue weighted by Crippen LogP contribution is 2.20. The van der Waals surface area contributed by atoms with E-state index in [1.807, 2.05) is 37.3 Å². The third-order valence-corrected chi connectivity index (χ3v) is 4.62. The molecular formula is C21H18ClFN2O2. The van der Waals surface area contributed by atoms with E-state index in [2.05, 4.69) is 0 Å². The maximum atomic E-state index is 14.1. The van der Waals surface area contributed by atoms with Gasteiger partial charge in [0.1, 0.15) is 11.4 Å². The van der Waals surface area contributed by atoms with Crippen LogP contribution in [0.15, 0.2) is 71.7 Å². The summed E-state index contributed by atoms with van der Waals surface area (Å²) in [6.45, 7) is 2.20. The lowest BCUT2D eigenvalue weighted by molar-refractivity contribution is 0.0986. The molecule has 0 saturated heterocycles. The Morgan fingerprint density at radius 1 is 1.07 bits per heavy atom. The molecule has 1 heterocycles. The molecule has 0 aliphatic heterocycles. The van der Waals surface area contributed by atoms with Crippen LogP contribution in [0.1, 0.15) is 22.8 Å². The number of carbonyl (C=O) groups is 1. The summed E-state index contributed by atoms with van der Waals surface area (Å²) in [7, 11) is 0. The monoisotopic (exact) mass is 384 g/mol. The Kier molecular flexibility index (Phi) is 5.72. The highest BCUT2D eigenvalue weighted by atomic mass is 35.5. The normalized spacial score (nSPS) is 10.6. The number of rotatable bonds is 5. The minimum Gasteiger partial charge on any atom is -0.310 e. The van der Waals surface area contributed by atoms with Crippen molar-refractivity contribution in [3.8, 4) is 0 Å². The Labute approximate surface area is 161 Å². The lowest BCUT2D eigenvalue weighted by Crippen LogP contribution is -2.36. The van der Waals surface area contributed by atoms with Crippen LogP contribution in [0.2, 0.25) is 5.02 Å². The average molecular weight is 385 g/mol. The standard InChI is InChI=1S/C21H18ClFN2O2/c1-2-25(15-8-4-3-5-9-15)21(27)16-10-7-13-24(20(16)26)14-17-18(22)11-6-12-19(17)23/h3-13H,2,14H2,1H3. The zero-order valence-corrected chi connectivity index (χ0v) is 15.5. The zero-order valence-electron chi connectivity index (χ0n) is 14.7. The van der Waals surface area contributed by atoms with Crippen LogP contribution in [0, 0.1) is 5.82 Å². The molecular weight excluding hydrogens is 367 g/mol. The predicted molar refractivity (Wildman–Crippen MR) is 105 cm³/mol. The maximum absolute atomic E-state index is 14.1. The van der Waals surface area contributed by atoms with Gasteiger partial charge in [0, 0.05) is 29.0 Å². The van der Waals surface area contributed by atoms with E-state index in [1.165, 1.54) is 33.9 Å². The minimum absolute atomic E-state index is 0.0238. The second-order valence-electron chi connectivity index (χ2n) is 5.94. The van der Waals surface area contributed by atoms with Crippen LogP contribution < -0.4 is 10.5 Å². The summed E-state index contributed by atoms with van der Waals surface area (Å²) in [6.07, 6.45) is 1.51. The Bertz CT molecular complexity index is 998. The van der Waals surface area contributed by atoms with Gasteiger partial charge in [-0.05, 0) is 43.3 Å². The number of halogens is 2. The van der Waals surface area contributed by atoms with Crippen molar-refractivity contribution in [1.29, 1.82) is 0 Å². The smallest absolute Gasteiger partial charge is 0.263 e. The molecule has 0 fully saturated rings. The number of benzene rings is 2. The quantitative estimate of drug-likeness (QED) is 0.656. The third kappa shape index (κ3) is 3.93. The van der Waals surface area contributed by atoms with Crippen molar-refractivity contribution >= 4 is 23.2 Å². The molecule has 4 nitrogen and oxygen atoms in total. The molecule has 0 bridgehead atoms. The van der Waals surface area contributed by atoms with Crippen LogP contribution in [0.4, 0.5) is 10.1 Å². The number of amides is 1. The highest BCUT2D eigenvalue weighted by molar-refractivity contribution is 6.31. The SMILES string of the molecule is CCN(C(=O)c1cccn(Cc2c(F)cccc2Cl)c1=O)c1ccccc1. The van der Waals surface area contributed by atoms with Crippen LogP contribution in [0.25, 0.3) is 0 Å². The number of carbonyl (C=O) groups excluding carboxylic acids is 1. The van der Waals surface area contributed by atoms with Crippen LogP contribution in [0.5, 0.6) is 0 Å². The van der Waals surface area contributed by atoms with E-state index in [1.54, 1.807) is 12.1 Å². The molecule has 0 atom stereocenters. The fourth-order valence-electron chi connectivity index (χ4n) is 2.87. The van der Waals surface area contributed by atoms with Crippen molar-refractivity contribution in [2.45, 2.75) is 13.5 Å². The van der Waals surface area contributed by atoms with Crippen molar-refractivity contribution in [2.24, 2.45) is 0 Å². The van der Waals surface area contributed by atoms with Gasteiger partial charge in [-0.2, -0.15) is 0 Å². The minimum atomic E-state index is -0.495. The molecule has 3 rings (SSSR count). The first kappa shape index (κ1) is 18.9. The van der Waals surface area contributed by atoms with Gasteiger partial charge in [0.25, 0.3) is 11.5 Å².